The summed E-state index contributed by atoms with van der Waals surface area (Å²) in [5, 5.41) is 4.53. The first-order valence-electron chi connectivity index (χ1n) is 4.84. The summed E-state index contributed by atoms with van der Waals surface area (Å²) in [4.78, 5) is 0. The molecule has 2 aromatic rings. The lowest BCUT2D eigenvalue weighted by Crippen LogP contribution is -2.12. The van der Waals surface area contributed by atoms with Gasteiger partial charge in [0.25, 0.3) is 0 Å². The minimum Gasteiger partial charge on any atom is -0.324 e. The van der Waals surface area contributed by atoms with Crippen molar-refractivity contribution in [1.82, 2.24) is 9.78 Å². The van der Waals surface area contributed by atoms with Crippen LogP contribution in [0, 0.1) is 5.82 Å². The molecule has 1 heterocycles. The Hall–Kier alpha value is -1.39. The van der Waals surface area contributed by atoms with E-state index in [2.05, 4.69) is 5.10 Å². The van der Waals surface area contributed by atoms with Crippen LogP contribution in [0.25, 0.3) is 5.69 Å². The zero-order valence-electron chi connectivity index (χ0n) is 8.69. The van der Waals surface area contributed by atoms with E-state index in [4.69, 9.17) is 17.3 Å². The van der Waals surface area contributed by atoms with Crippen LogP contribution < -0.4 is 5.73 Å². The van der Waals surface area contributed by atoms with E-state index in [-0.39, 0.29) is 5.82 Å². The van der Waals surface area contributed by atoms with Gasteiger partial charge in [-0.15, -0.1) is 0 Å². The molecule has 0 radical (unpaired) electrons. The second kappa shape index (κ2) is 4.23. The zero-order chi connectivity index (χ0) is 11.7. The SMILES string of the molecule is C[C@@H](N)c1c(F)cccc1-n1cc(Cl)cn1. The standard InChI is InChI=1S/C11H11ClFN3/c1-7(14)11-9(13)3-2-4-10(11)16-6-8(12)5-15-16/h2-7H,14H2,1H3/t7-/m1/s1. The number of halogens is 2. The summed E-state index contributed by atoms with van der Waals surface area (Å²) in [7, 11) is 0. The van der Waals surface area contributed by atoms with E-state index in [1.807, 2.05) is 0 Å². The average molecular weight is 240 g/mol. The maximum atomic E-state index is 13.6. The van der Waals surface area contributed by atoms with Gasteiger partial charge in [-0.3, -0.25) is 0 Å². The monoisotopic (exact) mass is 239 g/mol. The molecule has 0 aliphatic heterocycles. The van der Waals surface area contributed by atoms with Crippen molar-refractivity contribution in [3.63, 3.8) is 0 Å². The molecule has 0 saturated heterocycles. The summed E-state index contributed by atoms with van der Waals surface area (Å²) in [5.74, 6) is -0.334. The van der Waals surface area contributed by atoms with E-state index in [1.54, 1.807) is 25.3 Å². The number of rotatable bonds is 2. The number of aromatic nitrogens is 2. The third-order valence-electron chi connectivity index (χ3n) is 2.28. The van der Waals surface area contributed by atoms with Gasteiger partial charge in [0, 0.05) is 17.8 Å². The Labute approximate surface area is 97.6 Å². The van der Waals surface area contributed by atoms with Crippen molar-refractivity contribution in [2.24, 2.45) is 5.73 Å². The zero-order valence-corrected chi connectivity index (χ0v) is 9.45. The van der Waals surface area contributed by atoms with Gasteiger partial charge in [0.15, 0.2) is 0 Å². The van der Waals surface area contributed by atoms with Crippen molar-refractivity contribution in [3.8, 4) is 5.69 Å². The summed E-state index contributed by atoms with van der Waals surface area (Å²) in [6.45, 7) is 1.73. The van der Waals surface area contributed by atoms with Crippen LogP contribution in [0.1, 0.15) is 18.5 Å². The summed E-state index contributed by atoms with van der Waals surface area (Å²) in [6.07, 6.45) is 3.11. The molecule has 1 aromatic heterocycles. The number of benzene rings is 1. The minimum absolute atomic E-state index is 0.334. The van der Waals surface area contributed by atoms with Crippen LogP contribution in [0.2, 0.25) is 5.02 Å². The Morgan fingerprint density at radius 3 is 2.81 bits per heavy atom. The van der Waals surface area contributed by atoms with E-state index >= 15 is 0 Å². The molecule has 2 rings (SSSR count). The third kappa shape index (κ3) is 1.94. The van der Waals surface area contributed by atoms with Gasteiger partial charge in [0.05, 0.1) is 16.9 Å². The second-order valence-corrected chi connectivity index (χ2v) is 4.00. The lowest BCUT2D eigenvalue weighted by molar-refractivity contribution is 0.589. The van der Waals surface area contributed by atoms with Gasteiger partial charge >= 0.3 is 0 Å². The molecule has 0 fully saturated rings. The van der Waals surface area contributed by atoms with Crippen LogP contribution in [0.3, 0.4) is 0 Å². The maximum absolute atomic E-state index is 13.6. The molecule has 0 saturated carbocycles. The Morgan fingerprint density at radius 1 is 1.50 bits per heavy atom. The first-order valence-corrected chi connectivity index (χ1v) is 5.22. The molecule has 84 valence electrons. The highest BCUT2D eigenvalue weighted by molar-refractivity contribution is 6.30. The number of hydrogen-bond acceptors (Lipinski definition) is 2. The Balaban J connectivity index is 2.60. The van der Waals surface area contributed by atoms with Gasteiger partial charge in [0.2, 0.25) is 0 Å². The molecule has 0 aliphatic rings. The van der Waals surface area contributed by atoms with Gasteiger partial charge < -0.3 is 5.73 Å². The van der Waals surface area contributed by atoms with E-state index in [1.165, 1.54) is 16.9 Å². The maximum Gasteiger partial charge on any atom is 0.130 e. The lowest BCUT2D eigenvalue weighted by atomic mass is 10.1. The molecule has 5 heteroatoms. The van der Waals surface area contributed by atoms with Crippen molar-refractivity contribution in [3.05, 3.63) is 47.0 Å². The fourth-order valence-electron chi connectivity index (χ4n) is 1.61. The highest BCUT2D eigenvalue weighted by Crippen LogP contribution is 2.23. The van der Waals surface area contributed by atoms with Crippen molar-refractivity contribution in [2.45, 2.75) is 13.0 Å². The van der Waals surface area contributed by atoms with Gasteiger partial charge in [-0.05, 0) is 19.1 Å². The van der Waals surface area contributed by atoms with Crippen LogP contribution >= 0.6 is 11.6 Å². The first-order chi connectivity index (χ1) is 7.59. The number of nitrogens with zero attached hydrogens (tertiary/aromatic N) is 2. The van der Waals surface area contributed by atoms with E-state index in [0.29, 0.717) is 16.3 Å². The minimum atomic E-state index is -0.404. The van der Waals surface area contributed by atoms with Crippen molar-refractivity contribution in [1.29, 1.82) is 0 Å². The molecule has 1 atom stereocenters. The summed E-state index contributed by atoms with van der Waals surface area (Å²) >= 11 is 5.77. The molecule has 0 unspecified atom stereocenters. The number of nitrogens with two attached hydrogens (primary N) is 1. The highest BCUT2D eigenvalue weighted by Gasteiger charge is 2.14. The van der Waals surface area contributed by atoms with Crippen LogP contribution in [-0.2, 0) is 0 Å². The molecule has 2 N–H and O–H groups in total. The molecule has 16 heavy (non-hydrogen) atoms. The molecule has 0 bridgehead atoms. The van der Waals surface area contributed by atoms with Gasteiger partial charge in [0.1, 0.15) is 5.82 Å². The van der Waals surface area contributed by atoms with E-state index in [0.717, 1.165) is 0 Å². The van der Waals surface area contributed by atoms with Crippen molar-refractivity contribution in [2.75, 3.05) is 0 Å². The predicted molar refractivity (Wildman–Crippen MR) is 61.1 cm³/mol. The van der Waals surface area contributed by atoms with Crippen LogP contribution in [0.15, 0.2) is 30.6 Å². The fourth-order valence-corrected chi connectivity index (χ4v) is 1.74. The molecular weight excluding hydrogens is 229 g/mol. The Kier molecular flexibility index (Phi) is 2.94. The quantitative estimate of drug-likeness (QED) is 0.876. The van der Waals surface area contributed by atoms with E-state index < -0.39 is 6.04 Å². The van der Waals surface area contributed by atoms with Crippen LogP contribution in [0.5, 0.6) is 0 Å². The molecule has 0 aliphatic carbocycles. The Bertz CT molecular complexity index is 508. The molecular formula is C11H11ClFN3. The van der Waals surface area contributed by atoms with Crippen molar-refractivity contribution >= 4 is 11.6 Å². The third-order valence-corrected chi connectivity index (χ3v) is 2.48. The molecule has 0 spiro atoms. The second-order valence-electron chi connectivity index (χ2n) is 3.56. The highest BCUT2D eigenvalue weighted by atomic mass is 35.5. The topological polar surface area (TPSA) is 43.8 Å². The lowest BCUT2D eigenvalue weighted by Gasteiger charge is -2.13. The summed E-state index contributed by atoms with van der Waals surface area (Å²) in [5.41, 5.74) is 6.79. The largest absolute Gasteiger partial charge is 0.324 e. The predicted octanol–water partition coefficient (Wildman–Crippen LogP) is 2.68. The summed E-state index contributed by atoms with van der Waals surface area (Å²) < 4.78 is 15.2. The smallest absolute Gasteiger partial charge is 0.130 e. The van der Waals surface area contributed by atoms with Gasteiger partial charge in [-0.1, -0.05) is 17.7 Å². The van der Waals surface area contributed by atoms with Crippen LogP contribution in [-0.4, -0.2) is 9.78 Å². The number of hydrogen-bond donors (Lipinski definition) is 1. The molecule has 1 aromatic carbocycles. The normalized spacial score (nSPS) is 12.8. The average Bonchev–Trinajstić information content (AvgIpc) is 2.63. The Morgan fingerprint density at radius 2 is 2.25 bits per heavy atom. The van der Waals surface area contributed by atoms with Gasteiger partial charge in [-0.2, -0.15) is 5.10 Å². The molecule has 3 nitrogen and oxygen atoms in total. The van der Waals surface area contributed by atoms with Gasteiger partial charge in [-0.25, -0.2) is 9.07 Å². The molecule has 0 amide bonds. The first kappa shape index (κ1) is 11.1. The van der Waals surface area contributed by atoms with E-state index in [9.17, 15) is 4.39 Å². The fraction of sp³-hybridized carbons (Fsp3) is 0.182. The summed E-state index contributed by atoms with van der Waals surface area (Å²) in [6, 6.07) is 4.35. The van der Waals surface area contributed by atoms with Crippen LogP contribution in [0.4, 0.5) is 4.39 Å². The van der Waals surface area contributed by atoms with Crippen molar-refractivity contribution < 1.29 is 4.39 Å².